The minimum absolute atomic E-state index is 0.200. The van der Waals surface area contributed by atoms with Crippen molar-refractivity contribution in [3.8, 4) is 0 Å². The van der Waals surface area contributed by atoms with Crippen molar-refractivity contribution in [3.05, 3.63) is 28.5 Å². The Hall–Kier alpha value is -0.570. The monoisotopic (exact) mass is 271 g/mol. The van der Waals surface area contributed by atoms with Gasteiger partial charge in [0.2, 0.25) is 0 Å². The molecule has 1 aromatic rings. The minimum atomic E-state index is -0.200. The molecular weight excluding hydrogens is 257 g/mol. The molecule has 1 nitrogen and oxygen atoms in total. The Bertz CT molecular complexity index is 374. The van der Waals surface area contributed by atoms with Crippen molar-refractivity contribution in [2.24, 2.45) is 5.41 Å². The zero-order valence-electron chi connectivity index (χ0n) is 8.98. The Morgan fingerprint density at radius 3 is 2.73 bits per heavy atom. The van der Waals surface area contributed by atoms with Gasteiger partial charge in [-0.05, 0) is 59.3 Å². The average molecular weight is 272 g/mol. The SMILES string of the molecule is CC(Nc1cc(F)ccc1Br)C1(C)CC1. The molecule has 0 aliphatic heterocycles. The molecule has 82 valence electrons. The smallest absolute Gasteiger partial charge is 0.125 e. The van der Waals surface area contributed by atoms with Gasteiger partial charge in [-0.1, -0.05) is 6.92 Å². The van der Waals surface area contributed by atoms with Gasteiger partial charge in [0.1, 0.15) is 5.82 Å². The van der Waals surface area contributed by atoms with Gasteiger partial charge in [0, 0.05) is 10.5 Å². The van der Waals surface area contributed by atoms with Crippen molar-refractivity contribution in [1.82, 2.24) is 0 Å². The number of rotatable bonds is 3. The first kappa shape index (κ1) is 10.9. The number of hydrogen-bond donors (Lipinski definition) is 1. The summed E-state index contributed by atoms with van der Waals surface area (Å²) < 4.78 is 14.0. The molecule has 0 bridgehead atoms. The lowest BCUT2D eigenvalue weighted by Gasteiger charge is -2.22. The van der Waals surface area contributed by atoms with E-state index in [-0.39, 0.29) is 5.82 Å². The van der Waals surface area contributed by atoms with Crippen molar-refractivity contribution in [2.45, 2.75) is 32.7 Å². The Balaban J connectivity index is 2.13. The van der Waals surface area contributed by atoms with Crippen LogP contribution in [0.3, 0.4) is 0 Å². The highest BCUT2D eigenvalue weighted by Gasteiger charge is 2.42. The van der Waals surface area contributed by atoms with E-state index in [1.54, 1.807) is 6.07 Å². The molecule has 1 aromatic carbocycles. The van der Waals surface area contributed by atoms with Gasteiger partial charge in [-0.25, -0.2) is 4.39 Å². The molecule has 2 rings (SSSR count). The summed E-state index contributed by atoms with van der Waals surface area (Å²) in [6, 6.07) is 5.11. The Morgan fingerprint density at radius 2 is 2.13 bits per heavy atom. The molecule has 1 aliphatic rings. The molecule has 1 atom stereocenters. The van der Waals surface area contributed by atoms with Crippen LogP contribution in [0.1, 0.15) is 26.7 Å². The van der Waals surface area contributed by atoms with Crippen LogP contribution in [0.2, 0.25) is 0 Å². The largest absolute Gasteiger partial charge is 0.381 e. The van der Waals surface area contributed by atoms with E-state index in [0.717, 1.165) is 10.2 Å². The summed E-state index contributed by atoms with van der Waals surface area (Å²) in [5, 5.41) is 3.37. The first-order valence-corrected chi connectivity index (χ1v) is 6.02. The number of nitrogens with one attached hydrogen (secondary N) is 1. The van der Waals surface area contributed by atoms with Gasteiger partial charge < -0.3 is 5.32 Å². The van der Waals surface area contributed by atoms with Gasteiger partial charge >= 0.3 is 0 Å². The van der Waals surface area contributed by atoms with Crippen molar-refractivity contribution in [3.63, 3.8) is 0 Å². The first-order chi connectivity index (χ1) is 7.01. The number of benzene rings is 1. The summed E-state index contributed by atoms with van der Waals surface area (Å²) in [6.07, 6.45) is 2.52. The van der Waals surface area contributed by atoms with Gasteiger partial charge in [-0.2, -0.15) is 0 Å². The van der Waals surface area contributed by atoms with Gasteiger partial charge in [0.05, 0.1) is 5.69 Å². The van der Waals surface area contributed by atoms with Crippen molar-refractivity contribution in [1.29, 1.82) is 0 Å². The quantitative estimate of drug-likeness (QED) is 0.870. The summed E-state index contributed by atoms with van der Waals surface area (Å²) in [5.74, 6) is -0.200. The van der Waals surface area contributed by atoms with E-state index >= 15 is 0 Å². The van der Waals surface area contributed by atoms with Crippen molar-refractivity contribution < 1.29 is 4.39 Å². The van der Waals surface area contributed by atoms with Crippen LogP contribution >= 0.6 is 15.9 Å². The highest BCUT2D eigenvalue weighted by atomic mass is 79.9. The molecule has 0 aromatic heterocycles. The van der Waals surface area contributed by atoms with Crippen LogP contribution in [0.5, 0.6) is 0 Å². The standard InChI is InChI=1S/C12H15BrFN/c1-8(12(2)5-6-12)15-11-7-9(14)3-4-10(11)13/h3-4,7-8,15H,5-6H2,1-2H3. The average Bonchev–Trinajstić information content (AvgIpc) is 2.91. The highest BCUT2D eigenvalue weighted by Crippen LogP contribution is 2.49. The summed E-state index contributed by atoms with van der Waals surface area (Å²) in [4.78, 5) is 0. The van der Waals surface area contributed by atoms with E-state index in [1.807, 2.05) is 0 Å². The fourth-order valence-corrected chi connectivity index (χ4v) is 2.01. The zero-order chi connectivity index (χ0) is 11.1. The van der Waals surface area contributed by atoms with E-state index in [9.17, 15) is 4.39 Å². The topological polar surface area (TPSA) is 12.0 Å². The van der Waals surface area contributed by atoms with Gasteiger partial charge in [-0.3, -0.25) is 0 Å². The Morgan fingerprint density at radius 1 is 1.47 bits per heavy atom. The summed E-state index contributed by atoms with van der Waals surface area (Å²) in [6.45, 7) is 4.42. The minimum Gasteiger partial charge on any atom is -0.381 e. The molecule has 3 heteroatoms. The molecule has 0 heterocycles. The van der Waals surface area contributed by atoms with E-state index in [4.69, 9.17) is 0 Å². The van der Waals surface area contributed by atoms with Crippen LogP contribution in [0, 0.1) is 11.2 Å². The van der Waals surface area contributed by atoms with Crippen molar-refractivity contribution in [2.75, 3.05) is 5.32 Å². The molecule has 0 saturated heterocycles. The molecule has 0 amide bonds. The highest BCUT2D eigenvalue weighted by molar-refractivity contribution is 9.10. The second-order valence-corrected chi connectivity index (χ2v) is 5.50. The number of hydrogen-bond acceptors (Lipinski definition) is 1. The lowest BCUT2D eigenvalue weighted by atomic mass is 10.0. The van der Waals surface area contributed by atoms with Crippen LogP contribution in [-0.4, -0.2) is 6.04 Å². The fourth-order valence-electron chi connectivity index (χ4n) is 1.65. The normalized spacial score (nSPS) is 19.7. The molecule has 1 aliphatic carbocycles. The van der Waals surface area contributed by atoms with E-state index in [0.29, 0.717) is 11.5 Å². The van der Waals surface area contributed by atoms with E-state index < -0.39 is 0 Å². The third-order valence-electron chi connectivity index (χ3n) is 3.38. The molecule has 1 fully saturated rings. The molecule has 1 unspecified atom stereocenters. The third kappa shape index (κ3) is 2.33. The van der Waals surface area contributed by atoms with Crippen LogP contribution in [-0.2, 0) is 0 Å². The number of anilines is 1. The van der Waals surface area contributed by atoms with Crippen molar-refractivity contribution >= 4 is 21.6 Å². The predicted molar refractivity (Wildman–Crippen MR) is 64.5 cm³/mol. The second-order valence-electron chi connectivity index (χ2n) is 4.64. The molecular formula is C12H15BrFN. The zero-order valence-corrected chi connectivity index (χ0v) is 10.6. The predicted octanol–water partition coefficient (Wildman–Crippen LogP) is 4.19. The van der Waals surface area contributed by atoms with Gasteiger partial charge in [0.25, 0.3) is 0 Å². The van der Waals surface area contributed by atoms with Crippen LogP contribution < -0.4 is 5.32 Å². The van der Waals surface area contributed by atoms with Gasteiger partial charge in [-0.15, -0.1) is 0 Å². The summed E-state index contributed by atoms with van der Waals surface area (Å²) in [5.41, 5.74) is 1.24. The van der Waals surface area contributed by atoms with Gasteiger partial charge in [0.15, 0.2) is 0 Å². The van der Waals surface area contributed by atoms with Crippen LogP contribution in [0.25, 0.3) is 0 Å². The second kappa shape index (κ2) is 3.78. The maximum absolute atomic E-state index is 13.0. The third-order valence-corrected chi connectivity index (χ3v) is 4.08. The maximum atomic E-state index is 13.0. The van der Waals surface area contributed by atoms with E-state index in [2.05, 4.69) is 35.1 Å². The molecule has 0 spiro atoms. The molecule has 1 N–H and O–H groups in total. The Kier molecular flexibility index (Phi) is 2.75. The molecule has 0 radical (unpaired) electrons. The summed E-state index contributed by atoms with van der Waals surface area (Å²) >= 11 is 3.42. The van der Waals surface area contributed by atoms with Crippen LogP contribution in [0.15, 0.2) is 22.7 Å². The van der Waals surface area contributed by atoms with E-state index in [1.165, 1.54) is 25.0 Å². The molecule has 15 heavy (non-hydrogen) atoms. The lowest BCUT2D eigenvalue weighted by Crippen LogP contribution is -2.25. The fraction of sp³-hybridized carbons (Fsp3) is 0.500. The first-order valence-electron chi connectivity index (χ1n) is 5.23. The maximum Gasteiger partial charge on any atom is 0.125 e. The lowest BCUT2D eigenvalue weighted by molar-refractivity contribution is 0.493. The summed E-state index contributed by atoms with van der Waals surface area (Å²) in [7, 11) is 0. The Labute approximate surface area is 98.2 Å². The number of halogens is 2. The molecule has 1 saturated carbocycles. The van der Waals surface area contributed by atoms with Crippen LogP contribution in [0.4, 0.5) is 10.1 Å².